The van der Waals surface area contributed by atoms with Crippen molar-refractivity contribution in [3.63, 3.8) is 0 Å². The molecular weight excluding hydrogens is 704 g/mol. The maximum Gasteiger partial charge on any atom is 0.171 e. The van der Waals surface area contributed by atoms with Gasteiger partial charge in [-0.2, -0.15) is 0 Å². The molecule has 3 nitrogen and oxygen atoms in total. The molecule has 0 aliphatic rings. The van der Waals surface area contributed by atoms with E-state index in [0.29, 0.717) is 0 Å². The van der Waals surface area contributed by atoms with Crippen LogP contribution < -0.4 is 15.9 Å². The highest BCUT2D eigenvalue weighted by molar-refractivity contribution is 7.85. The summed E-state index contributed by atoms with van der Waals surface area (Å²) in [4.78, 5) is 0. The first kappa shape index (κ1) is 31.4. The number of rotatable bonds is 4. The Morgan fingerprint density at radius 1 is 0.304 bits per heavy atom. The van der Waals surface area contributed by atoms with E-state index >= 15 is 4.57 Å². The fourth-order valence-corrected chi connectivity index (χ4v) is 11.7. The molecule has 0 amide bonds. The normalized spacial score (nSPS) is 12.4. The monoisotopic (exact) mass is 734 g/mol. The zero-order valence-electron chi connectivity index (χ0n) is 30.1. The van der Waals surface area contributed by atoms with Crippen molar-refractivity contribution in [2.75, 3.05) is 0 Å². The van der Waals surface area contributed by atoms with E-state index in [1.165, 1.54) is 43.1 Å². The van der Waals surface area contributed by atoms with Gasteiger partial charge in [-0.25, -0.2) is 0 Å². The largest absolute Gasteiger partial charge is 0.456 e. The number of furan rings is 2. The molecule has 0 saturated carbocycles. The number of fused-ring (bicyclic) bond motifs is 13. The van der Waals surface area contributed by atoms with Crippen molar-refractivity contribution in [1.29, 1.82) is 0 Å². The topological polar surface area (TPSA) is 43.4 Å². The van der Waals surface area contributed by atoms with Gasteiger partial charge in [0.1, 0.15) is 22.3 Å². The van der Waals surface area contributed by atoms with Gasteiger partial charge in [-0.05, 0) is 109 Å². The molecule has 0 N–H and O–H groups in total. The highest BCUT2D eigenvalue weighted by Gasteiger charge is 2.31. The van der Waals surface area contributed by atoms with Crippen LogP contribution in [0.2, 0.25) is 0 Å². The van der Waals surface area contributed by atoms with Gasteiger partial charge in [-0.3, -0.25) is 0 Å². The number of benzene rings is 10. The summed E-state index contributed by atoms with van der Waals surface area (Å²) < 4.78 is 28.7. The van der Waals surface area contributed by atoms with E-state index in [0.717, 1.165) is 70.9 Å². The Balaban J connectivity index is 1.08. The summed E-state index contributed by atoms with van der Waals surface area (Å²) in [5.74, 6) is 0. The summed E-state index contributed by atoms with van der Waals surface area (Å²) in [5, 5.41) is 16.0. The first-order valence-corrected chi connectivity index (χ1v) is 20.6. The van der Waals surface area contributed by atoms with Crippen LogP contribution in [0.25, 0.3) is 98.1 Å². The standard InChI is InChI=1S/C52H31O3P/c53-56(35-22-27-51-47(29-35)43-13-5-7-15-49(43)54-51,36-23-28-52-48(30-36)44-14-6-8-16-50(44)55-52)34-20-17-33(18-21-34)45-31-46-41-24-19-32-9-1-2-10-37(32)40(41)25-26-42(46)38-11-3-4-12-39(38)45/h1-31H. The molecule has 12 aromatic rings. The Labute approximate surface area is 321 Å². The third-order valence-electron chi connectivity index (χ3n) is 11.8. The van der Waals surface area contributed by atoms with Crippen molar-refractivity contribution >= 4 is 110 Å². The third-order valence-corrected chi connectivity index (χ3v) is 14.8. The minimum absolute atomic E-state index is 0.756. The molecule has 0 unspecified atom stereocenters. The average Bonchev–Trinajstić information content (AvgIpc) is 3.83. The zero-order chi connectivity index (χ0) is 37.0. The molecule has 12 rings (SSSR count). The van der Waals surface area contributed by atoms with Crippen LogP contribution in [0.1, 0.15) is 0 Å². The Morgan fingerprint density at radius 2 is 0.750 bits per heavy atom. The average molecular weight is 735 g/mol. The fourth-order valence-electron chi connectivity index (χ4n) is 9.03. The van der Waals surface area contributed by atoms with Crippen molar-refractivity contribution in [2.45, 2.75) is 0 Å². The van der Waals surface area contributed by atoms with Gasteiger partial charge in [0.05, 0.1) is 0 Å². The van der Waals surface area contributed by atoms with E-state index in [1.807, 2.05) is 60.7 Å². The Kier molecular flexibility index (Phi) is 6.61. The smallest absolute Gasteiger partial charge is 0.171 e. The van der Waals surface area contributed by atoms with Crippen molar-refractivity contribution < 1.29 is 13.4 Å². The summed E-state index contributed by atoms with van der Waals surface area (Å²) in [7, 11) is -3.43. The van der Waals surface area contributed by atoms with Gasteiger partial charge in [-0.1, -0.05) is 133 Å². The third kappa shape index (κ3) is 4.50. The van der Waals surface area contributed by atoms with Gasteiger partial charge in [0.25, 0.3) is 0 Å². The van der Waals surface area contributed by atoms with Crippen LogP contribution in [0.5, 0.6) is 0 Å². The van der Waals surface area contributed by atoms with Gasteiger partial charge in [-0.15, -0.1) is 0 Å². The lowest BCUT2D eigenvalue weighted by molar-refractivity contribution is 0.592. The van der Waals surface area contributed by atoms with Gasteiger partial charge < -0.3 is 13.4 Å². The van der Waals surface area contributed by atoms with Crippen LogP contribution in [-0.4, -0.2) is 0 Å². The second-order valence-electron chi connectivity index (χ2n) is 14.7. The van der Waals surface area contributed by atoms with E-state index in [2.05, 4.69) is 127 Å². The van der Waals surface area contributed by atoms with Crippen LogP contribution in [-0.2, 0) is 4.57 Å². The maximum absolute atomic E-state index is 16.2. The van der Waals surface area contributed by atoms with Crippen LogP contribution in [0, 0.1) is 0 Å². The molecule has 56 heavy (non-hydrogen) atoms. The molecule has 2 heterocycles. The van der Waals surface area contributed by atoms with E-state index in [4.69, 9.17) is 8.83 Å². The minimum atomic E-state index is -3.43. The van der Waals surface area contributed by atoms with Crippen LogP contribution in [0.3, 0.4) is 0 Å². The molecule has 4 heteroatoms. The van der Waals surface area contributed by atoms with Crippen molar-refractivity contribution in [1.82, 2.24) is 0 Å². The van der Waals surface area contributed by atoms with Crippen molar-refractivity contribution in [3.8, 4) is 11.1 Å². The molecule has 0 spiro atoms. The van der Waals surface area contributed by atoms with Gasteiger partial charge in [0.2, 0.25) is 0 Å². The summed E-state index contributed by atoms with van der Waals surface area (Å²) in [6.07, 6.45) is 0. The number of para-hydroxylation sites is 2. The van der Waals surface area contributed by atoms with E-state index in [9.17, 15) is 0 Å². The van der Waals surface area contributed by atoms with Crippen LogP contribution in [0.15, 0.2) is 197 Å². The van der Waals surface area contributed by atoms with Crippen LogP contribution >= 0.6 is 7.14 Å². The molecular formula is C52H31O3P. The molecule has 0 fully saturated rings. The van der Waals surface area contributed by atoms with Crippen molar-refractivity contribution in [3.05, 3.63) is 188 Å². The van der Waals surface area contributed by atoms with E-state index in [1.54, 1.807) is 0 Å². The zero-order valence-corrected chi connectivity index (χ0v) is 31.0. The predicted octanol–water partition coefficient (Wildman–Crippen LogP) is 13.4. The van der Waals surface area contributed by atoms with Gasteiger partial charge in [0, 0.05) is 37.5 Å². The number of hydrogen-bond donors (Lipinski definition) is 0. The Hall–Kier alpha value is -6.93. The first-order chi connectivity index (χ1) is 27.6. The van der Waals surface area contributed by atoms with Gasteiger partial charge >= 0.3 is 0 Å². The van der Waals surface area contributed by atoms with Crippen molar-refractivity contribution in [2.24, 2.45) is 0 Å². The lowest BCUT2D eigenvalue weighted by atomic mass is 9.90. The Bertz CT molecular complexity index is 3510. The second kappa shape index (κ2) is 11.8. The van der Waals surface area contributed by atoms with Gasteiger partial charge in [0.15, 0.2) is 7.14 Å². The Morgan fingerprint density at radius 3 is 1.38 bits per heavy atom. The summed E-state index contributed by atoms with van der Waals surface area (Å²) in [5.41, 5.74) is 5.40. The molecule has 262 valence electrons. The first-order valence-electron chi connectivity index (χ1n) is 18.9. The molecule has 0 saturated heterocycles. The lowest BCUT2D eigenvalue weighted by Gasteiger charge is -2.21. The molecule has 0 aliphatic heterocycles. The minimum Gasteiger partial charge on any atom is -0.456 e. The molecule has 2 aromatic heterocycles. The molecule has 0 bridgehead atoms. The highest BCUT2D eigenvalue weighted by atomic mass is 31.2. The highest BCUT2D eigenvalue weighted by Crippen LogP contribution is 2.46. The second-order valence-corrected chi connectivity index (χ2v) is 17.5. The molecule has 0 radical (unpaired) electrons. The van der Waals surface area contributed by atoms with E-state index in [-0.39, 0.29) is 0 Å². The summed E-state index contributed by atoms with van der Waals surface area (Å²) >= 11 is 0. The summed E-state index contributed by atoms with van der Waals surface area (Å²) in [6.45, 7) is 0. The predicted molar refractivity (Wildman–Crippen MR) is 236 cm³/mol. The van der Waals surface area contributed by atoms with E-state index < -0.39 is 7.14 Å². The quantitative estimate of drug-likeness (QED) is 0.134. The molecule has 0 aliphatic carbocycles. The number of hydrogen-bond acceptors (Lipinski definition) is 3. The fraction of sp³-hybridized carbons (Fsp3) is 0. The molecule has 10 aromatic carbocycles. The SMILES string of the molecule is O=P(c1ccc(-c2cc3c(ccc4c5ccccc5ccc43)c3ccccc23)cc1)(c1ccc2oc3ccccc3c2c1)c1ccc2oc3ccccc3c2c1. The van der Waals surface area contributed by atoms with Crippen LogP contribution in [0.4, 0.5) is 0 Å². The molecule has 0 atom stereocenters. The lowest BCUT2D eigenvalue weighted by Crippen LogP contribution is -2.25. The summed E-state index contributed by atoms with van der Waals surface area (Å²) in [6, 6.07) is 65.2. The maximum atomic E-state index is 16.2.